The number of amides is 1. The molecule has 1 aromatic heterocycles. The first-order chi connectivity index (χ1) is 11.8. The van der Waals surface area contributed by atoms with Crippen LogP contribution in [0.4, 0.5) is 0 Å². The number of carbonyl (C=O) groups is 1. The zero-order chi connectivity index (χ0) is 16.8. The van der Waals surface area contributed by atoms with E-state index in [9.17, 15) is 4.79 Å². The fourth-order valence-corrected chi connectivity index (χ4v) is 2.36. The third-order valence-corrected chi connectivity index (χ3v) is 3.65. The Morgan fingerprint density at radius 3 is 2.54 bits per heavy atom. The molecule has 0 saturated heterocycles. The molecule has 0 aliphatic heterocycles. The summed E-state index contributed by atoms with van der Waals surface area (Å²) in [5.41, 5.74) is 3.12. The fourth-order valence-electron chi connectivity index (χ4n) is 2.36. The average Bonchev–Trinajstić information content (AvgIpc) is 3.17. The molecule has 1 heterocycles. The van der Waals surface area contributed by atoms with E-state index in [1.165, 1.54) is 11.0 Å². The molecule has 0 radical (unpaired) electrons. The topological polar surface area (TPSA) is 92.9 Å². The van der Waals surface area contributed by atoms with Crippen molar-refractivity contribution in [3.8, 4) is 5.69 Å². The zero-order valence-corrected chi connectivity index (χ0v) is 13.0. The molecule has 0 fully saturated rings. The molecule has 7 heteroatoms. The van der Waals surface area contributed by atoms with E-state index < -0.39 is 0 Å². The number of aliphatic hydroxyl groups is 1. The second-order valence-corrected chi connectivity index (χ2v) is 5.25. The van der Waals surface area contributed by atoms with Crippen molar-refractivity contribution in [2.45, 2.75) is 13.0 Å². The van der Waals surface area contributed by atoms with E-state index in [0.717, 1.165) is 11.1 Å². The molecule has 3 aromatic rings. The minimum absolute atomic E-state index is 0.0327. The van der Waals surface area contributed by atoms with Crippen LogP contribution in [-0.4, -0.2) is 37.8 Å². The number of hydrogen-bond acceptors (Lipinski definition) is 5. The predicted molar refractivity (Wildman–Crippen MR) is 87.6 cm³/mol. The number of hydrogen-bond donors (Lipinski definition) is 2. The van der Waals surface area contributed by atoms with Crippen LogP contribution in [0.2, 0.25) is 0 Å². The number of nitrogens with one attached hydrogen (secondary N) is 1. The molecule has 2 N–H and O–H groups in total. The van der Waals surface area contributed by atoms with Crippen LogP contribution in [0.5, 0.6) is 0 Å². The van der Waals surface area contributed by atoms with Crippen LogP contribution in [0.15, 0.2) is 54.9 Å². The maximum Gasteiger partial charge on any atom is 0.253 e. The van der Waals surface area contributed by atoms with Gasteiger partial charge in [0.05, 0.1) is 17.9 Å². The Balaban J connectivity index is 1.63. The molecule has 0 aliphatic rings. The van der Waals surface area contributed by atoms with Crippen molar-refractivity contribution < 1.29 is 9.90 Å². The average molecular weight is 323 g/mol. The first-order valence-corrected chi connectivity index (χ1v) is 7.57. The largest absolute Gasteiger partial charge is 0.392 e. The number of rotatable bonds is 6. The molecule has 24 heavy (non-hydrogen) atoms. The second-order valence-electron chi connectivity index (χ2n) is 5.25. The van der Waals surface area contributed by atoms with Gasteiger partial charge in [-0.3, -0.25) is 4.79 Å². The molecule has 2 aromatic carbocycles. The van der Waals surface area contributed by atoms with Crippen LogP contribution >= 0.6 is 0 Å². The smallest absolute Gasteiger partial charge is 0.253 e. The number of benzene rings is 2. The van der Waals surface area contributed by atoms with Gasteiger partial charge in [-0.1, -0.05) is 36.4 Å². The van der Waals surface area contributed by atoms with Gasteiger partial charge in [-0.2, -0.15) is 4.68 Å². The van der Waals surface area contributed by atoms with Crippen molar-refractivity contribution in [1.29, 1.82) is 0 Å². The normalized spacial score (nSPS) is 10.5. The highest BCUT2D eigenvalue weighted by Gasteiger charge is 2.12. The zero-order valence-electron chi connectivity index (χ0n) is 13.0. The molecular formula is C17H17N5O2. The van der Waals surface area contributed by atoms with Crippen LogP contribution in [0.25, 0.3) is 5.69 Å². The summed E-state index contributed by atoms with van der Waals surface area (Å²) in [6.45, 7) is 0.548. The van der Waals surface area contributed by atoms with Crippen molar-refractivity contribution in [2.24, 2.45) is 0 Å². The van der Waals surface area contributed by atoms with E-state index in [0.29, 0.717) is 24.2 Å². The number of aliphatic hydroxyl groups excluding tert-OH is 1. The summed E-state index contributed by atoms with van der Waals surface area (Å²) in [4.78, 5) is 12.4. The van der Waals surface area contributed by atoms with Crippen LogP contribution in [0, 0.1) is 0 Å². The monoisotopic (exact) mass is 323 g/mol. The lowest BCUT2D eigenvalue weighted by molar-refractivity contribution is 0.0954. The molecule has 7 nitrogen and oxygen atoms in total. The summed E-state index contributed by atoms with van der Waals surface area (Å²) in [5, 5.41) is 23.0. The van der Waals surface area contributed by atoms with Gasteiger partial charge in [0.25, 0.3) is 5.91 Å². The van der Waals surface area contributed by atoms with Crippen molar-refractivity contribution in [3.05, 3.63) is 71.5 Å². The summed E-state index contributed by atoms with van der Waals surface area (Å²) in [6, 6.07) is 14.8. The lowest BCUT2D eigenvalue weighted by atomic mass is 10.1. The maximum absolute atomic E-state index is 12.4. The van der Waals surface area contributed by atoms with E-state index in [1.54, 1.807) is 18.2 Å². The molecular weight excluding hydrogens is 306 g/mol. The number of carbonyl (C=O) groups excluding carboxylic acids is 1. The minimum Gasteiger partial charge on any atom is -0.392 e. The summed E-state index contributed by atoms with van der Waals surface area (Å²) in [5.74, 6) is -0.173. The van der Waals surface area contributed by atoms with Crippen LogP contribution in [0.1, 0.15) is 21.5 Å². The van der Waals surface area contributed by atoms with E-state index in [1.807, 2.05) is 30.3 Å². The van der Waals surface area contributed by atoms with Gasteiger partial charge in [-0.25, -0.2) is 0 Å². The second kappa shape index (κ2) is 7.47. The van der Waals surface area contributed by atoms with Gasteiger partial charge in [0.2, 0.25) is 0 Å². The Kier molecular flexibility index (Phi) is 4.93. The predicted octanol–water partition coefficient (Wildman–Crippen LogP) is 1.13. The molecule has 0 aliphatic carbocycles. The minimum atomic E-state index is -0.173. The fraction of sp³-hybridized carbons (Fsp3) is 0.176. The lowest BCUT2D eigenvalue weighted by Gasteiger charge is -2.09. The molecule has 3 rings (SSSR count). The Hall–Kier alpha value is -3.06. The first kappa shape index (κ1) is 15.8. The number of tetrazole rings is 1. The Bertz CT molecular complexity index is 800. The summed E-state index contributed by atoms with van der Waals surface area (Å²) in [6.07, 6.45) is 2.17. The highest BCUT2D eigenvalue weighted by atomic mass is 16.3. The standard InChI is InChI=1S/C17H17N5O2/c23-11-14-7-5-13(6-8-14)9-10-18-17(24)15-3-1-2-4-16(15)22-12-19-20-21-22/h1-8,12,23H,9-11H2,(H,18,24). The Labute approximate surface area is 138 Å². The van der Waals surface area contributed by atoms with Gasteiger partial charge in [0.15, 0.2) is 0 Å². The third kappa shape index (κ3) is 3.64. The summed E-state index contributed by atoms with van der Waals surface area (Å²) >= 11 is 0. The highest BCUT2D eigenvalue weighted by molar-refractivity contribution is 5.97. The Morgan fingerprint density at radius 1 is 1.08 bits per heavy atom. The molecule has 0 bridgehead atoms. The van der Waals surface area contributed by atoms with Crippen molar-refractivity contribution >= 4 is 5.91 Å². The van der Waals surface area contributed by atoms with Gasteiger partial charge in [0, 0.05) is 6.54 Å². The molecule has 0 unspecified atom stereocenters. The van der Waals surface area contributed by atoms with Gasteiger partial charge in [0.1, 0.15) is 6.33 Å². The van der Waals surface area contributed by atoms with Gasteiger partial charge in [-0.05, 0) is 40.1 Å². The van der Waals surface area contributed by atoms with E-state index in [-0.39, 0.29) is 12.5 Å². The number of aromatic nitrogens is 4. The molecule has 0 saturated carbocycles. The highest BCUT2D eigenvalue weighted by Crippen LogP contribution is 2.12. The molecule has 122 valence electrons. The lowest BCUT2D eigenvalue weighted by Crippen LogP contribution is -2.27. The molecule has 0 spiro atoms. The van der Waals surface area contributed by atoms with Crippen LogP contribution in [0.3, 0.4) is 0 Å². The molecule has 1 amide bonds. The Morgan fingerprint density at radius 2 is 1.83 bits per heavy atom. The van der Waals surface area contributed by atoms with Crippen molar-refractivity contribution in [1.82, 2.24) is 25.5 Å². The number of para-hydroxylation sites is 1. The maximum atomic E-state index is 12.4. The molecule has 0 atom stereocenters. The van der Waals surface area contributed by atoms with E-state index >= 15 is 0 Å². The van der Waals surface area contributed by atoms with Crippen molar-refractivity contribution in [3.63, 3.8) is 0 Å². The van der Waals surface area contributed by atoms with E-state index in [2.05, 4.69) is 20.8 Å². The van der Waals surface area contributed by atoms with Gasteiger partial charge in [-0.15, -0.1) is 5.10 Å². The van der Waals surface area contributed by atoms with Crippen molar-refractivity contribution in [2.75, 3.05) is 6.54 Å². The summed E-state index contributed by atoms with van der Waals surface area (Å²) < 4.78 is 1.46. The van der Waals surface area contributed by atoms with E-state index in [4.69, 9.17) is 5.11 Å². The van der Waals surface area contributed by atoms with Crippen LogP contribution < -0.4 is 5.32 Å². The quantitative estimate of drug-likeness (QED) is 0.709. The SMILES string of the molecule is O=C(NCCc1ccc(CO)cc1)c1ccccc1-n1cnnn1. The number of nitrogens with zero attached hydrogens (tertiary/aromatic N) is 4. The van der Waals surface area contributed by atoms with Gasteiger partial charge >= 0.3 is 0 Å². The van der Waals surface area contributed by atoms with Gasteiger partial charge < -0.3 is 10.4 Å². The summed E-state index contributed by atoms with van der Waals surface area (Å²) in [7, 11) is 0. The first-order valence-electron chi connectivity index (χ1n) is 7.57. The third-order valence-electron chi connectivity index (χ3n) is 3.65. The van der Waals surface area contributed by atoms with Crippen LogP contribution in [-0.2, 0) is 13.0 Å².